The molecule has 0 saturated heterocycles. The summed E-state index contributed by atoms with van der Waals surface area (Å²) < 4.78 is 0. The molecule has 4 heteroatoms. The molecule has 0 rings (SSSR count). The molecular weight excluding hydrogens is 230 g/mol. The lowest BCUT2D eigenvalue weighted by atomic mass is 10.1. The van der Waals surface area contributed by atoms with E-state index in [2.05, 4.69) is 11.9 Å². The molecule has 4 nitrogen and oxygen atoms in total. The largest absolute Gasteiger partial charge is 0.477 e. The van der Waals surface area contributed by atoms with Crippen LogP contribution in [0.15, 0.2) is 4.99 Å². The molecule has 0 aromatic heterocycles. The Morgan fingerprint density at radius 3 is 1.94 bits per heavy atom. The first-order valence-corrected chi connectivity index (χ1v) is 6.96. The van der Waals surface area contributed by atoms with Gasteiger partial charge in [0.2, 0.25) is 5.91 Å². The van der Waals surface area contributed by atoms with Crippen LogP contribution in [0, 0.1) is 0 Å². The second-order valence-corrected chi connectivity index (χ2v) is 4.57. The topological polar surface area (TPSA) is 66.7 Å². The number of nitrogens with zero attached hydrogens (tertiary/aromatic N) is 1. The Kier molecular flexibility index (Phi) is 11.5. The first-order chi connectivity index (χ1) is 8.66. The summed E-state index contributed by atoms with van der Waals surface area (Å²) in [6.45, 7) is 2.21. The number of amides is 1. The molecule has 0 aliphatic heterocycles. The van der Waals surface area contributed by atoms with Crippen molar-refractivity contribution in [1.29, 1.82) is 0 Å². The van der Waals surface area contributed by atoms with Crippen LogP contribution in [0.1, 0.15) is 71.1 Å². The minimum absolute atomic E-state index is 0.333. The van der Waals surface area contributed by atoms with Gasteiger partial charge in [0.05, 0.1) is 0 Å². The number of carbonyl (C=O) groups excluding carboxylic acids is 1. The van der Waals surface area contributed by atoms with Crippen molar-refractivity contribution in [3.05, 3.63) is 0 Å². The number of carboxylic acid groups (broad SMARTS) is 1. The molecule has 0 radical (unpaired) electrons. The Hall–Kier alpha value is -1.19. The number of hydrogen-bond acceptors (Lipinski definition) is 2. The van der Waals surface area contributed by atoms with Crippen LogP contribution in [0.2, 0.25) is 0 Å². The molecule has 0 spiro atoms. The van der Waals surface area contributed by atoms with E-state index >= 15 is 0 Å². The summed E-state index contributed by atoms with van der Waals surface area (Å²) >= 11 is 0. The summed E-state index contributed by atoms with van der Waals surface area (Å²) in [6, 6.07) is 0. The van der Waals surface area contributed by atoms with E-state index in [1.54, 1.807) is 0 Å². The maximum Gasteiger partial charge on any atom is 0.347 e. The molecule has 0 aromatic rings. The molecule has 0 bridgehead atoms. The second-order valence-electron chi connectivity index (χ2n) is 4.57. The highest BCUT2D eigenvalue weighted by Gasteiger charge is 1.99. The average Bonchev–Trinajstić information content (AvgIpc) is 2.34. The van der Waals surface area contributed by atoms with Gasteiger partial charge in [-0.05, 0) is 6.42 Å². The van der Waals surface area contributed by atoms with Crippen LogP contribution in [0.4, 0.5) is 0 Å². The molecule has 0 atom stereocenters. The molecule has 0 aliphatic carbocycles. The minimum atomic E-state index is -1.17. The van der Waals surface area contributed by atoms with E-state index in [1.165, 1.54) is 38.5 Å². The van der Waals surface area contributed by atoms with Gasteiger partial charge in [0.1, 0.15) is 6.21 Å². The molecule has 0 aliphatic rings. The van der Waals surface area contributed by atoms with Crippen LogP contribution < -0.4 is 0 Å². The third-order valence-electron chi connectivity index (χ3n) is 2.81. The SMILES string of the molecule is CCCCCCCCCCCC(=O)N=CC(=O)O. The van der Waals surface area contributed by atoms with Crippen molar-refractivity contribution in [3.8, 4) is 0 Å². The number of aliphatic carboxylic acids is 1. The first-order valence-electron chi connectivity index (χ1n) is 6.96. The van der Waals surface area contributed by atoms with Gasteiger partial charge < -0.3 is 5.11 Å². The van der Waals surface area contributed by atoms with Crippen molar-refractivity contribution in [1.82, 2.24) is 0 Å². The first kappa shape index (κ1) is 16.8. The van der Waals surface area contributed by atoms with Gasteiger partial charge in [-0.3, -0.25) is 4.79 Å². The maximum absolute atomic E-state index is 11.1. The highest BCUT2D eigenvalue weighted by molar-refractivity contribution is 6.24. The molecule has 0 fully saturated rings. The third kappa shape index (κ3) is 12.9. The van der Waals surface area contributed by atoms with Gasteiger partial charge in [-0.2, -0.15) is 0 Å². The lowest BCUT2D eigenvalue weighted by Gasteiger charge is -2.00. The second kappa shape index (κ2) is 12.3. The van der Waals surface area contributed by atoms with Crippen LogP contribution in [0.3, 0.4) is 0 Å². The Bertz CT molecular complexity index is 262. The highest BCUT2D eigenvalue weighted by atomic mass is 16.4. The number of unbranched alkanes of at least 4 members (excludes halogenated alkanes) is 8. The van der Waals surface area contributed by atoms with E-state index in [0.29, 0.717) is 12.6 Å². The summed E-state index contributed by atoms with van der Waals surface area (Å²) in [5.74, 6) is -1.50. The fraction of sp³-hybridized carbons (Fsp3) is 0.786. The van der Waals surface area contributed by atoms with Gasteiger partial charge in [-0.1, -0.05) is 58.3 Å². The van der Waals surface area contributed by atoms with Gasteiger partial charge in [0, 0.05) is 6.42 Å². The van der Waals surface area contributed by atoms with E-state index in [1.807, 2.05) is 0 Å². The van der Waals surface area contributed by atoms with Gasteiger partial charge in [-0.15, -0.1) is 0 Å². The molecule has 1 N–H and O–H groups in total. The lowest BCUT2D eigenvalue weighted by Crippen LogP contribution is -2.00. The monoisotopic (exact) mass is 255 g/mol. The summed E-state index contributed by atoms with van der Waals surface area (Å²) in [7, 11) is 0. The Morgan fingerprint density at radius 1 is 0.944 bits per heavy atom. The highest BCUT2D eigenvalue weighted by Crippen LogP contribution is 2.10. The molecule has 0 saturated carbocycles. The van der Waals surface area contributed by atoms with Gasteiger partial charge in [-0.25, -0.2) is 9.79 Å². The Balaban J connectivity index is 3.25. The van der Waals surface area contributed by atoms with Crippen LogP contribution in [0.25, 0.3) is 0 Å². The number of carbonyl (C=O) groups is 2. The van der Waals surface area contributed by atoms with E-state index in [-0.39, 0.29) is 5.91 Å². The Morgan fingerprint density at radius 2 is 1.44 bits per heavy atom. The number of carboxylic acids is 1. The smallest absolute Gasteiger partial charge is 0.347 e. The summed E-state index contributed by atoms with van der Waals surface area (Å²) in [4.78, 5) is 24.5. The van der Waals surface area contributed by atoms with E-state index in [9.17, 15) is 9.59 Å². The normalized spacial score (nSPS) is 10.9. The van der Waals surface area contributed by atoms with Crippen molar-refractivity contribution in [2.24, 2.45) is 4.99 Å². The molecule has 0 heterocycles. The van der Waals surface area contributed by atoms with Crippen molar-refractivity contribution in [3.63, 3.8) is 0 Å². The fourth-order valence-corrected chi connectivity index (χ4v) is 1.78. The third-order valence-corrected chi connectivity index (χ3v) is 2.81. The summed E-state index contributed by atoms with van der Waals surface area (Å²) in [5.41, 5.74) is 0. The van der Waals surface area contributed by atoms with Crippen molar-refractivity contribution < 1.29 is 14.7 Å². The molecule has 104 valence electrons. The zero-order valence-electron chi connectivity index (χ0n) is 11.4. The molecule has 0 unspecified atom stereocenters. The van der Waals surface area contributed by atoms with Crippen molar-refractivity contribution in [2.75, 3.05) is 0 Å². The van der Waals surface area contributed by atoms with Crippen LogP contribution in [0.5, 0.6) is 0 Å². The molecular formula is C14H25NO3. The van der Waals surface area contributed by atoms with Gasteiger partial charge >= 0.3 is 5.97 Å². The van der Waals surface area contributed by atoms with Crippen molar-refractivity contribution >= 4 is 18.1 Å². The molecule has 0 aromatic carbocycles. The quantitative estimate of drug-likeness (QED) is 0.453. The van der Waals surface area contributed by atoms with E-state index in [4.69, 9.17) is 5.11 Å². The summed E-state index contributed by atoms with van der Waals surface area (Å²) in [5, 5.41) is 8.29. The lowest BCUT2D eigenvalue weighted by molar-refractivity contribution is -0.129. The summed E-state index contributed by atoms with van der Waals surface area (Å²) in [6.07, 6.45) is 11.8. The predicted octanol–water partition coefficient (Wildman–Crippen LogP) is 3.59. The zero-order chi connectivity index (χ0) is 13.6. The number of rotatable bonds is 11. The minimum Gasteiger partial charge on any atom is -0.477 e. The number of hydrogen-bond donors (Lipinski definition) is 1. The standard InChI is InChI=1S/C14H25NO3/c1-2-3-4-5-6-7-8-9-10-11-13(16)15-12-14(17)18/h12H,2-11H2,1H3,(H,17,18). The van der Waals surface area contributed by atoms with E-state index < -0.39 is 5.97 Å². The Labute approximate surface area is 109 Å². The van der Waals surface area contributed by atoms with Crippen LogP contribution in [-0.4, -0.2) is 23.2 Å². The zero-order valence-corrected chi connectivity index (χ0v) is 11.4. The molecule has 18 heavy (non-hydrogen) atoms. The van der Waals surface area contributed by atoms with E-state index in [0.717, 1.165) is 19.3 Å². The fourth-order valence-electron chi connectivity index (χ4n) is 1.78. The predicted molar refractivity (Wildman–Crippen MR) is 73.0 cm³/mol. The van der Waals surface area contributed by atoms with Crippen molar-refractivity contribution in [2.45, 2.75) is 71.1 Å². The number of aliphatic imine (C=N–C) groups is 1. The van der Waals surface area contributed by atoms with Gasteiger partial charge in [0.25, 0.3) is 0 Å². The van der Waals surface area contributed by atoms with Crippen LogP contribution in [-0.2, 0) is 9.59 Å². The maximum atomic E-state index is 11.1. The van der Waals surface area contributed by atoms with Gasteiger partial charge in [0.15, 0.2) is 0 Å². The van der Waals surface area contributed by atoms with Crippen LogP contribution >= 0.6 is 0 Å². The average molecular weight is 255 g/mol. The molecule has 1 amide bonds.